The van der Waals surface area contributed by atoms with Gasteiger partial charge in [-0.2, -0.15) is 0 Å². The van der Waals surface area contributed by atoms with Gasteiger partial charge >= 0.3 is 0 Å². The Morgan fingerprint density at radius 2 is 0.983 bits per heavy atom. The van der Waals surface area contributed by atoms with Crippen LogP contribution in [-0.4, -0.2) is 133 Å². The Labute approximate surface area is 337 Å². The Hall–Kier alpha value is -4.97. The summed E-state index contributed by atoms with van der Waals surface area (Å²) in [6.07, 6.45) is 0. The number of hydrogen-bond acceptors (Lipinski definition) is 13. The largest absolute Gasteiger partial charge is 0.382 e. The first kappa shape index (κ1) is 42.6. The van der Waals surface area contributed by atoms with E-state index < -0.39 is 0 Å². The predicted molar refractivity (Wildman–Crippen MR) is 226 cm³/mol. The van der Waals surface area contributed by atoms with E-state index in [0.717, 1.165) is 32.9 Å². The van der Waals surface area contributed by atoms with E-state index in [4.69, 9.17) is 39.9 Å². The Balaban J connectivity index is 0.918. The van der Waals surface area contributed by atoms with Crippen molar-refractivity contribution in [3.8, 4) is 0 Å². The third-order valence-electron chi connectivity index (χ3n) is 9.83. The number of nitrogens with two attached hydrogens (primary N) is 2. The summed E-state index contributed by atoms with van der Waals surface area (Å²) in [5.74, 6) is -0.673. The summed E-state index contributed by atoms with van der Waals surface area (Å²) in [5.41, 5.74) is 13.5. The monoisotopic (exact) mass is 798 g/mol. The molecule has 310 valence electrons. The molecule has 0 unspecified atom stereocenters. The Morgan fingerprint density at radius 3 is 1.59 bits per heavy atom. The van der Waals surface area contributed by atoms with E-state index in [9.17, 15) is 14.4 Å². The molecule has 1 aromatic heterocycles. The van der Waals surface area contributed by atoms with Gasteiger partial charge in [-0.3, -0.25) is 19.3 Å². The van der Waals surface area contributed by atoms with Crippen LogP contribution in [0.4, 0.5) is 11.4 Å². The van der Waals surface area contributed by atoms with Crippen molar-refractivity contribution in [2.24, 2.45) is 11.5 Å². The topological polar surface area (TPSA) is 191 Å². The van der Waals surface area contributed by atoms with Crippen molar-refractivity contribution in [1.29, 1.82) is 0 Å². The lowest BCUT2D eigenvalue weighted by molar-refractivity contribution is 0.0353. The fraction of sp³-hybridized carbons (Fsp3) is 0.419. The molecule has 5 aromatic rings. The molecule has 6 N–H and O–H groups in total. The second-order valence-electron chi connectivity index (χ2n) is 13.5. The van der Waals surface area contributed by atoms with Gasteiger partial charge in [0, 0.05) is 92.9 Å². The predicted octanol–water partition coefficient (Wildman–Crippen LogP) is 2.57. The highest BCUT2D eigenvalue weighted by Gasteiger charge is 2.33. The molecule has 4 aromatic carbocycles. The van der Waals surface area contributed by atoms with Crippen LogP contribution in [0.3, 0.4) is 0 Å². The summed E-state index contributed by atoms with van der Waals surface area (Å²) in [5, 5.41) is 12.3. The van der Waals surface area contributed by atoms with Crippen molar-refractivity contribution in [3.63, 3.8) is 0 Å². The highest BCUT2D eigenvalue weighted by atomic mass is 16.5. The fourth-order valence-electron chi connectivity index (χ4n) is 7.09. The molecule has 2 heterocycles. The molecule has 1 aliphatic rings. The smallest absolute Gasteiger partial charge is 0.261 e. The third kappa shape index (κ3) is 10.2. The molecule has 15 heteroatoms. The number of imide groups is 1. The van der Waals surface area contributed by atoms with Crippen molar-refractivity contribution in [3.05, 3.63) is 87.5 Å². The minimum atomic E-state index is -0.337. The summed E-state index contributed by atoms with van der Waals surface area (Å²) >= 11 is 0. The molecule has 2 amide bonds. The third-order valence-corrected chi connectivity index (χ3v) is 9.83. The van der Waals surface area contributed by atoms with E-state index in [0.29, 0.717) is 133 Å². The maximum atomic E-state index is 13.5. The number of hydrogen-bond donors (Lipinski definition) is 4. The molecule has 58 heavy (non-hydrogen) atoms. The Kier molecular flexibility index (Phi) is 15.9. The Morgan fingerprint density at radius 1 is 0.500 bits per heavy atom. The van der Waals surface area contributed by atoms with Crippen LogP contribution in [0, 0.1) is 0 Å². The van der Waals surface area contributed by atoms with E-state index in [-0.39, 0.29) is 30.5 Å². The van der Waals surface area contributed by atoms with Crippen LogP contribution >= 0.6 is 0 Å². The lowest BCUT2D eigenvalue weighted by atomic mass is 9.93. The summed E-state index contributed by atoms with van der Waals surface area (Å²) in [6, 6.07) is 18.9. The first-order valence-electron chi connectivity index (χ1n) is 19.8. The zero-order valence-electron chi connectivity index (χ0n) is 32.9. The molecule has 0 atom stereocenters. The standard InChI is InChI=1S/C43H54N6O9/c1-30-31-8-10-37(32-4-2-6-34(39(31)32)41(50)48(30)16-22-57-28-24-53-18-12-44)46-14-20-55-26-27-56-21-15-47-38-11-9-36-40-33(38)5-3-7-35(40)42(51)49(43(36)52)17-23-58-29-25-54-19-13-45/h2-11,46-47H,1,12-29,44-45H2. The van der Waals surface area contributed by atoms with E-state index in [1.54, 1.807) is 16.7 Å². The molecule has 0 saturated heterocycles. The van der Waals surface area contributed by atoms with Crippen molar-refractivity contribution >= 4 is 62.1 Å². The fourth-order valence-corrected chi connectivity index (χ4v) is 7.09. The summed E-state index contributed by atoms with van der Waals surface area (Å²) in [6.45, 7) is 11.7. The van der Waals surface area contributed by atoms with E-state index in [1.165, 1.54) is 4.90 Å². The zero-order chi connectivity index (χ0) is 40.7. The van der Waals surface area contributed by atoms with E-state index >= 15 is 0 Å². The minimum absolute atomic E-state index is 0.0957. The van der Waals surface area contributed by atoms with Gasteiger partial charge in [0.1, 0.15) is 0 Å². The van der Waals surface area contributed by atoms with Crippen LogP contribution in [0.15, 0.2) is 65.5 Å². The summed E-state index contributed by atoms with van der Waals surface area (Å²) in [7, 11) is 0. The number of nitrogens with zero attached hydrogens (tertiary/aromatic N) is 2. The zero-order valence-corrected chi connectivity index (χ0v) is 32.9. The second-order valence-corrected chi connectivity index (χ2v) is 13.5. The van der Waals surface area contributed by atoms with Gasteiger partial charge in [-0.05, 0) is 30.3 Å². The molecule has 0 spiro atoms. The average Bonchev–Trinajstić information content (AvgIpc) is 3.24. The van der Waals surface area contributed by atoms with Crippen LogP contribution < -0.4 is 33.0 Å². The maximum absolute atomic E-state index is 13.5. The van der Waals surface area contributed by atoms with Gasteiger partial charge in [0.2, 0.25) is 0 Å². The van der Waals surface area contributed by atoms with Crippen LogP contribution in [0.2, 0.25) is 0 Å². The molecule has 15 nitrogen and oxygen atoms in total. The average molecular weight is 799 g/mol. The highest BCUT2D eigenvalue weighted by Crippen LogP contribution is 2.34. The molecule has 6 rings (SSSR count). The van der Waals surface area contributed by atoms with E-state index in [1.807, 2.05) is 48.5 Å². The van der Waals surface area contributed by atoms with Crippen molar-refractivity contribution in [1.82, 2.24) is 9.47 Å². The highest BCUT2D eigenvalue weighted by molar-refractivity contribution is 6.26. The van der Waals surface area contributed by atoms with Gasteiger partial charge < -0.3 is 55.1 Å². The number of rotatable bonds is 27. The van der Waals surface area contributed by atoms with Crippen molar-refractivity contribution in [2.45, 2.75) is 6.54 Å². The second kappa shape index (κ2) is 21.7. The Bertz CT molecular complexity index is 2210. The van der Waals surface area contributed by atoms with Crippen LogP contribution in [0.5, 0.6) is 0 Å². The molecule has 0 aliphatic carbocycles. The molecule has 0 bridgehead atoms. The summed E-state index contributed by atoms with van der Waals surface area (Å²) < 4.78 is 35.2. The summed E-state index contributed by atoms with van der Waals surface area (Å²) in [4.78, 5) is 41.4. The van der Waals surface area contributed by atoms with Gasteiger partial charge in [0.15, 0.2) is 0 Å². The van der Waals surface area contributed by atoms with Gasteiger partial charge in [-0.15, -0.1) is 0 Å². The number of pyridine rings is 1. The lowest BCUT2D eigenvalue weighted by Crippen LogP contribution is -2.42. The number of carbonyl (C=O) groups is 2. The SMILES string of the molecule is C=c1c2ccc(NCCOCCOCCNc3ccc4c5c(cccc35)C(=O)N(CCOCCOCCN)C4=O)c3cccc(c(=O)n1CCOCCOCCN)c32. The van der Waals surface area contributed by atoms with Gasteiger partial charge in [0.25, 0.3) is 17.4 Å². The molecule has 0 radical (unpaired) electrons. The number of benzene rings is 4. The number of aromatic nitrogens is 1. The number of anilines is 2. The van der Waals surface area contributed by atoms with Gasteiger partial charge in [0.05, 0.1) is 85.8 Å². The van der Waals surface area contributed by atoms with Crippen LogP contribution in [0.1, 0.15) is 20.7 Å². The first-order valence-corrected chi connectivity index (χ1v) is 19.8. The quantitative estimate of drug-likeness (QED) is 0.0449. The number of carbonyl (C=O) groups excluding carboxylic acids is 2. The van der Waals surface area contributed by atoms with Crippen LogP contribution in [0.25, 0.3) is 38.9 Å². The molecule has 0 fully saturated rings. The maximum Gasteiger partial charge on any atom is 0.261 e. The number of amides is 2. The lowest BCUT2D eigenvalue weighted by Gasteiger charge is -2.27. The van der Waals surface area contributed by atoms with Gasteiger partial charge in [-0.1, -0.05) is 36.9 Å². The van der Waals surface area contributed by atoms with E-state index in [2.05, 4.69) is 17.2 Å². The first-order chi connectivity index (χ1) is 28.5. The van der Waals surface area contributed by atoms with Crippen LogP contribution in [-0.2, 0) is 35.0 Å². The molecule has 1 aliphatic heterocycles. The number of ether oxygens (including phenoxy) is 6. The molecule has 0 saturated carbocycles. The molecular formula is C43H54N6O9. The number of nitrogens with one attached hydrogen (secondary N) is 2. The van der Waals surface area contributed by atoms with Crippen molar-refractivity contribution in [2.75, 3.05) is 123 Å². The van der Waals surface area contributed by atoms with Crippen molar-refractivity contribution < 1.29 is 38.0 Å². The van der Waals surface area contributed by atoms with Gasteiger partial charge in [-0.25, -0.2) is 0 Å². The normalized spacial score (nSPS) is 12.8. The minimum Gasteiger partial charge on any atom is -0.382 e. The molecular weight excluding hydrogens is 745 g/mol.